The molecule has 0 aliphatic carbocycles. The Balaban J connectivity index is 2.05. The van der Waals surface area contributed by atoms with Crippen LogP contribution >= 0.6 is 11.3 Å². The van der Waals surface area contributed by atoms with Crippen molar-refractivity contribution in [3.05, 3.63) is 23.7 Å². The molecule has 1 aromatic heterocycles. The van der Waals surface area contributed by atoms with E-state index in [4.69, 9.17) is 9.31 Å². The van der Waals surface area contributed by atoms with Crippen molar-refractivity contribution in [1.82, 2.24) is 4.98 Å². The van der Waals surface area contributed by atoms with Gasteiger partial charge in [-0.1, -0.05) is 12.1 Å². The maximum Gasteiger partial charge on any atom is 0.496 e. The van der Waals surface area contributed by atoms with Crippen LogP contribution in [0.1, 0.15) is 27.7 Å². The van der Waals surface area contributed by atoms with Crippen LogP contribution in [0.25, 0.3) is 10.2 Å². The number of hydrogen-bond acceptors (Lipinski definition) is 4. The quantitative estimate of drug-likeness (QED) is 0.739. The number of aromatic nitrogens is 1. The summed E-state index contributed by atoms with van der Waals surface area (Å²) < 4.78 is 13.3. The highest BCUT2D eigenvalue weighted by atomic mass is 32.1. The summed E-state index contributed by atoms with van der Waals surface area (Å²) >= 11 is 1.63. The Bertz CT molecular complexity index is 577. The van der Waals surface area contributed by atoms with Crippen molar-refractivity contribution < 1.29 is 9.31 Å². The molecule has 1 aliphatic rings. The summed E-state index contributed by atoms with van der Waals surface area (Å²) in [5.74, 6) is 0. The number of benzene rings is 1. The first-order chi connectivity index (χ1) is 8.41. The molecule has 94 valence electrons. The third-order valence-electron chi connectivity index (χ3n) is 3.89. The summed E-state index contributed by atoms with van der Waals surface area (Å²) in [6, 6.07) is 6.08. The van der Waals surface area contributed by atoms with Crippen LogP contribution in [0.3, 0.4) is 0 Å². The Hall–Kier alpha value is -0.905. The molecule has 0 saturated carbocycles. The topological polar surface area (TPSA) is 31.4 Å². The van der Waals surface area contributed by atoms with E-state index in [0.717, 1.165) is 15.7 Å². The fourth-order valence-corrected chi connectivity index (χ4v) is 2.88. The average Bonchev–Trinajstić information content (AvgIpc) is 2.81. The van der Waals surface area contributed by atoms with Crippen LogP contribution in [-0.4, -0.2) is 23.3 Å². The first-order valence-electron chi connectivity index (χ1n) is 6.08. The highest BCUT2D eigenvalue weighted by molar-refractivity contribution is 7.18. The summed E-state index contributed by atoms with van der Waals surface area (Å²) in [6.45, 7) is 8.28. The molecule has 0 unspecified atom stereocenters. The Morgan fingerprint density at radius 1 is 1.11 bits per heavy atom. The number of hydrogen-bond donors (Lipinski definition) is 0. The molecule has 2 heterocycles. The molecule has 0 radical (unpaired) electrons. The summed E-state index contributed by atoms with van der Waals surface area (Å²) in [6.07, 6.45) is 0. The molecule has 3 nitrogen and oxygen atoms in total. The minimum atomic E-state index is -0.306. The first kappa shape index (κ1) is 12.1. The van der Waals surface area contributed by atoms with E-state index in [1.165, 1.54) is 0 Å². The van der Waals surface area contributed by atoms with Gasteiger partial charge in [-0.2, -0.15) is 0 Å². The predicted molar refractivity (Wildman–Crippen MR) is 75.3 cm³/mol. The Morgan fingerprint density at radius 3 is 2.44 bits per heavy atom. The van der Waals surface area contributed by atoms with Crippen molar-refractivity contribution in [3.63, 3.8) is 0 Å². The molecule has 3 rings (SSSR count). The third-order valence-corrected chi connectivity index (χ3v) is 4.79. The van der Waals surface area contributed by atoms with Crippen LogP contribution in [0, 0.1) is 0 Å². The number of nitrogens with zero attached hydrogens (tertiary/aromatic N) is 1. The molecule has 0 bridgehead atoms. The van der Waals surface area contributed by atoms with E-state index in [1.807, 2.05) is 17.6 Å². The molecule has 1 saturated heterocycles. The molecule has 2 aromatic rings. The van der Waals surface area contributed by atoms with E-state index < -0.39 is 0 Å². The lowest BCUT2D eigenvalue weighted by Gasteiger charge is -2.32. The fraction of sp³-hybridized carbons (Fsp3) is 0.462. The van der Waals surface area contributed by atoms with E-state index >= 15 is 0 Å². The minimum Gasteiger partial charge on any atom is -0.399 e. The van der Waals surface area contributed by atoms with Gasteiger partial charge in [0.25, 0.3) is 0 Å². The van der Waals surface area contributed by atoms with Crippen molar-refractivity contribution in [2.75, 3.05) is 0 Å². The van der Waals surface area contributed by atoms with Crippen LogP contribution in [0.5, 0.6) is 0 Å². The lowest BCUT2D eigenvalue weighted by molar-refractivity contribution is 0.00578. The van der Waals surface area contributed by atoms with Crippen molar-refractivity contribution >= 4 is 34.1 Å². The summed E-state index contributed by atoms with van der Waals surface area (Å²) in [5.41, 5.74) is 3.34. The summed E-state index contributed by atoms with van der Waals surface area (Å²) in [5, 5.41) is 0. The normalized spacial score (nSPS) is 21.7. The highest BCUT2D eigenvalue weighted by Crippen LogP contribution is 2.37. The lowest BCUT2D eigenvalue weighted by atomic mass is 9.79. The SMILES string of the molecule is CC1(C)OB(c2cccc3ncsc23)OC1(C)C. The van der Waals surface area contributed by atoms with Gasteiger partial charge in [0.1, 0.15) is 0 Å². The van der Waals surface area contributed by atoms with Gasteiger partial charge in [-0.05, 0) is 33.8 Å². The molecule has 5 heteroatoms. The van der Waals surface area contributed by atoms with E-state index in [2.05, 4.69) is 38.7 Å². The Labute approximate surface area is 111 Å². The fourth-order valence-electron chi connectivity index (χ4n) is 2.06. The number of thiazole rings is 1. The van der Waals surface area contributed by atoms with Gasteiger partial charge < -0.3 is 9.31 Å². The summed E-state index contributed by atoms with van der Waals surface area (Å²) in [4.78, 5) is 4.33. The minimum absolute atomic E-state index is 0.301. The second kappa shape index (κ2) is 3.79. The van der Waals surface area contributed by atoms with E-state index in [1.54, 1.807) is 11.3 Å². The zero-order chi connectivity index (χ0) is 13.0. The smallest absolute Gasteiger partial charge is 0.399 e. The molecule has 18 heavy (non-hydrogen) atoms. The van der Waals surface area contributed by atoms with Gasteiger partial charge >= 0.3 is 7.12 Å². The zero-order valence-corrected chi connectivity index (χ0v) is 11.9. The standard InChI is InChI=1S/C13H16BNO2S/c1-12(2)13(3,4)17-14(16-12)9-6-5-7-10-11(9)18-8-15-10/h5-8H,1-4H3. The third kappa shape index (κ3) is 1.69. The molecule has 1 aliphatic heterocycles. The van der Waals surface area contributed by atoms with Gasteiger partial charge in [-0.25, -0.2) is 4.98 Å². The molecule has 1 fully saturated rings. The monoisotopic (exact) mass is 261 g/mol. The van der Waals surface area contributed by atoms with Gasteiger partial charge in [0.15, 0.2) is 0 Å². The molecule has 0 spiro atoms. The predicted octanol–water partition coefficient (Wildman–Crippen LogP) is 2.60. The molecular formula is C13H16BNO2S. The second-order valence-electron chi connectivity index (χ2n) is 5.64. The first-order valence-corrected chi connectivity index (χ1v) is 6.96. The largest absolute Gasteiger partial charge is 0.496 e. The molecule has 1 aromatic carbocycles. The van der Waals surface area contributed by atoms with Gasteiger partial charge in [-0.3, -0.25) is 0 Å². The number of fused-ring (bicyclic) bond motifs is 1. The molecular weight excluding hydrogens is 245 g/mol. The van der Waals surface area contributed by atoms with Crippen molar-refractivity contribution in [1.29, 1.82) is 0 Å². The van der Waals surface area contributed by atoms with Crippen LogP contribution in [0.4, 0.5) is 0 Å². The maximum atomic E-state index is 6.08. The van der Waals surface area contributed by atoms with Gasteiger partial charge in [0, 0.05) is 5.46 Å². The maximum absolute atomic E-state index is 6.08. The molecule has 0 N–H and O–H groups in total. The number of rotatable bonds is 1. The van der Waals surface area contributed by atoms with Crippen LogP contribution < -0.4 is 5.46 Å². The van der Waals surface area contributed by atoms with Crippen molar-refractivity contribution in [3.8, 4) is 0 Å². The summed E-state index contributed by atoms with van der Waals surface area (Å²) in [7, 11) is -0.306. The zero-order valence-electron chi connectivity index (χ0n) is 11.1. The second-order valence-corrected chi connectivity index (χ2v) is 6.49. The van der Waals surface area contributed by atoms with E-state index in [9.17, 15) is 0 Å². The lowest BCUT2D eigenvalue weighted by Crippen LogP contribution is -2.41. The van der Waals surface area contributed by atoms with Crippen molar-refractivity contribution in [2.45, 2.75) is 38.9 Å². The molecule has 0 atom stereocenters. The van der Waals surface area contributed by atoms with E-state index in [0.29, 0.717) is 0 Å². The Morgan fingerprint density at radius 2 is 1.78 bits per heavy atom. The van der Waals surface area contributed by atoms with Gasteiger partial charge in [-0.15, -0.1) is 11.3 Å². The van der Waals surface area contributed by atoms with Crippen molar-refractivity contribution in [2.24, 2.45) is 0 Å². The van der Waals surface area contributed by atoms with Crippen LogP contribution in [-0.2, 0) is 9.31 Å². The van der Waals surface area contributed by atoms with Gasteiger partial charge in [0.05, 0.1) is 26.9 Å². The average molecular weight is 261 g/mol. The Kier molecular flexibility index (Phi) is 2.56. The van der Waals surface area contributed by atoms with Crippen LogP contribution in [0.2, 0.25) is 0 Å². The van der Waals surface area contributed by atoms with E-state index in [-0.39, 0.29) is 18.3 Å². The van der Waals surface area contributed by atoms with Gasteiger partial charge in [0.2, 0.25) is 0 Å². The van der Waals surface area contributed by atoms with Crippen LogP contribution in [0.15, 0.2) is 23.7 Å². The highest BCUT2D eigenvalue weighted by Gasteiger charge is 2.52. The molecule has 0 amide bonds.